The Bertz CT molecular complexity index is 365. The maximum absolute atomic E-state index is 11.5. The molecule has 0 heterocycles. The topological polar surface area (TPSA) is 29.1 Å². The Morgan fingerprint density at radius 1 is 1.57 bits per heavy atom. The molecule has 1 N–H and O–H groups in total. The summed E-state index contributed by atoms with van der Waals surface area (Å²) in [6.07, 6.45) is 0. The molecule has 1 rings (SSSR count). The Morgan fingerprint density at radius 2 is 2.29 bits per heavy atom. The van der Waals surface area contributed by atoms with Gasteiger partial charge in [-0.3, -0.25) is 4.79 Å². The van der Waals surface area contributed by atoms with Crippen molar-refractivity contribution in [2.24, 2.45) is 0 Å². The fourth-order valence-electron chi connectivity index (χ4n) is 0.908. The monoisotopic (exact) mass is 365 g/mol. The van der Waals surface area contributed by atoms with Gasteiger partial charge in [-0.15, -0.1) is 0 Å². The van der Waals surface area contributed by atoms with Crippen LogP contribution in [0.5, 0.6) is 0 Å². The second kappa shape index (κ2) is 5.50. The highest BCUT2D eigenvalue weighted by Crippen LogP contribution is 2.07. The van der Waals surface area contributed by atoms with E-state index >= 15 is 0 Å². The number of benzene rings is 1. The molecule has 0 spiro atoms. The summed E-state index contributed by atoms with van der Waals surface area (Å²) in [5.41, 5.74) is 0.672. The largest absolute Gasteiger partial charge is 0.347 e. The number of rotatable bonds is 3. The first-order chi connectivity index (χ1) is 6.59. The molecule has 0 saturated heterocycles. The number of carbonyl (C=O) groups excluding carboxylic acids is 1. The van der Waals surface area contributed by atoms with Gasteiger partial charge >= 0.3 is 0 Å². The molecule has 0 radical (unpaired) electrons. The highest BCUT2D eigenvalue weighted by atomic mass is 127. The number of hydrogen-bond donors (Lipinski definition) is 1. The Morgan fingerprint density at radius 3 is 2.86 bits per heavy atom. The molecule has 0 bridgehead atoms. The Balaban J connectivity index is 2.65. The highest BCUT2D eigenvalue weighted by molar-refractivity contribution is 14.1. The molecular weight excluding hydrogens is 357 g/mol. The van der Waals surface area contributed by atoms with Crippen LogP contribution in [0.2, 0.25) is 0 Å². The van der Waals surface area contributed by atoms with Crippen LogP contribution in [0.15, 0.2) is 35.3 Å². The average Bonchev–Trinajstić information content (AvgIpc) is 2.14. The lowest BCUT2D eigenvalue weighted by molar-refractivity contribution is 0.0957. The molecule has 0 fully saturated rings. The fourth-order valence-corrected chi connectivity index (χ4v) is 1.59. The molecule has 0 aliphatic carbocycles. The summed E-state index contributed by atoms with van der Waals surface area (Å²) < 4.78 is 1.81. The van der Waals surface area contributed by atoms with Crippen LogP contribution in [0.4, 0.5) is 0 Å². The summed E-state index contributed by atoms with van der Waals surface area (Å²) in [4.78, 5) is 11.5. The van der Waals surface area contributed by atoms with Crippen LogP contribution < -0.4 is 5.32 Å². The first-order valence-electron chi connectivity index (χ1n) is 3.96. The second-order valence-electron chi connectivity index (χ2n) is 2.71. The second-order valence-corrected chi connectivity index (χ2v) is 5.08. The summed E-state index contributed by atoms with van der Waals surface area (Å²) >= 11 is 5.35. The van der Waals surface area contributed by atoms with E-state index in [0.29, 0.717) is 12.1 Å². The van der Waals surface area contributed by atoms with E-state index in [2.05, 4.69) is 50.4 Å². The first-order valence-corrected chi connectivity index (χ1v) is 5.84. The third-order valence-corrected chi connectivity index (χ3v) is 2.48. The van der Waals surface area contributed by atoms with Crippen molar-refractivity contribution in [2.75, 3.05) is 6.54 Å². The van der Waals surface area contributed by atoms with E-state index in [1.165, 1.54) is 0 Å². The summed E-state index contributed by atoms with van der Waals surface area (Å²) in [6.45, 7) is 4.09. The SMILES string of the molecule is C=C(Br)CNC(=O)c1cccc(I)c1. The minimum absolute atomic E-state index is 0.0795. The quantitative estimate of drug-likeness (QED) is 0.820. The van der Waals surface area contributed by atoms with Gasteiger partial charge < -0.3 is 5.32 Å². The molecule has 0 aromatic heterocycles. The van der Waals surface area contributed by atoms with Crippen LogP contribution in [0.25, 0.3) is 0 Å². The van der Waals surface area contributed by atoms with E-state index in [-0.39, 0.29) is 5.91 Å². The molecule has 0 atom stereocenters. The summed E-state index contributed by atoms with van der Waals surface area (Å²) in [7, 11) is 0. The van der Waals surface area contributed by atoms with Crippen LogP contribution in [0.3, 0.4) is 0 Å². The Labute approximate surface area is 105 Å². The van der Waals surface area contributed by atoms with Crippen LogP contribution in [-0.2, 0) is 0 Å². The van der Waals surface area contributed by atoms with Gasteiger partial charge in [0.1, 0.15) is 0 Å². The molecule has 4 heteroatoms. The van der Waals surface area contributed by atoms with Gasteiger partial charge in [0.2, 0.25) is 0 Å². The zero-order valence-corrected chi connectivity index (χ0v) is 11.1. The minimum Gasteiger partial charge on any atom is -0.347 e. The van der Waals surface area contributed by atoms with Crippen LogP contribution in [0, 0.1) is 3.57 Å². The lowest BCUT2D eigenvalue weighted by Crippen LogP contribution is -2.24. The van der Waals surface area contributed by atoms with Crippen molar-refractivity contribution < 1.29 is 4.79 Å². The van der Waals surface area contributed by atoms with Gasteiger partial charge in [0.25, 0.3) is 5.91 Å². The molecule has 14 heavy (non-hydrogen) atoms. The summed E-state index contributed by atoms with van der Waals surface area (Å²) in [6, 6.07) is 7.43. The average molecular weight is 366 g/mol. The smallest absolute Gasteiger partial charge is 0.251 e. The van der Waals surface area contributed by atoms with Gasteiger partial charge in [0.05, 0.1) is 0 Å². The van der Waals surface area contributed by atoms with Gasteiger partial charge in [0, 0.05) is 20.2 Å². The fraction of sp³-hybridized carbons (Fsp3) is 0.100. The molecule has 0 aliphatic rings. The minimum atomic E-state index is -0.0795. The molecule has 2 nitrogen and oxygen atoms in total. The van der Waals surface area contributed by atoms with E-state index in [1.54, 1.807) is 6.07 Å². The first kappa shape index (κ1) is 11.7. The van der Waals surface area contributed by atoms with Gasteiger partial charge in [-0.1, -0.05) is 28.6 Å². The van der Waals surface area contributed by atoms with Crippen LogP contribution in [0.1, 0.15) is 10.4 Å². The van der Waals surface area contributed by atoms with Crippen molar-refractivity contribution in [3.8, 4) is 0 Å². The van der Waals surface area contributed by atoms with Gasteiger partial charge in [0.15, 0.2) is 0 Å². The van der Waals surface area contributed by atoms with Crippen molar-refractivity contribution in [1.82, 2.24) is 5.32 Å². The molecular formula is C10H9BrINO. The summed E-state index contributed by atoms with van der Waals surface area (Å²) in [5, 5.41) is 2.74. The maximum Gasteiger partial charge on any atom is 0.251 e. The van der Waals surface area contributed by atoms with E-state index in [0.717, 1.165) is 8.05 Å². The number of hydrogen-bond acceptors (Lipinski definition) is 1. The predicted octanol–water partition coefficient (Wildman–Crippen LogP) is 2.93. The lowest BCUT2D eigenvalue weighted by Gasteiger charge is -2.03. The van der Waals surface area contributed by atoms with E-state index in [4.69, 9.17) is 0 Å². The van der Waals surface area contributed by atoms with Crippen LogP contribution >= 0.6 is 38.5 Å². The molecule has 0 aliphatic heterocycles. The molecule has 0 unspecified atom stereocenters. The van der Waals surface area contributed by atoms with Crippen molar-refractivity contribution in [3.05, 3.63) is 44.5 Å². The lowest BCUT2D eigenvalue weighted by atomic mass is 10.2. The van der Waals surface area contributed by atoms with E-state index in [9.17, 15) is 4.79 Å². The van der Waals surface area contributed by atoms with Gasteiger partial charge in [-0.25, -0.2) is 0 Å². The molecule has 1 amide bonds. The maximum atomic E-state index is 11.5. The number of carbonyl (C=O) groups is 1. The van der Waals surface area contributed by atoms with Gasteiger partial charge in [-0.2, -0.15) is 0 Å². The zero-order chi connectivity index (χ0) is 10.6. The van der Waals surface area contributed by atoms with E-state index < -0.39 is 0 Å². The van der Waals surface area contributed by atoms with Crippen molar-refractivity contribution in [2.45, 2.75) is 0 Å². The standard InChI is InChI=1S/C10H9BrINO/c1-7(11)6-13-10(14)8-3-2-4-9(12)5-8/h2-5H,1,6H2,(H,13,14). The predicted molar refractivity (Wildman–Crippen MR) is 69.6 cm³/mol. The van der Waals surface area contributed by atoms with Gasteiger partial charge in [-0.05, 0) is 40.8 Å². The molecule has 1 aromatic carbocycles. The van der Waals surface area contributed by atoms with Crippen molar-refractivity contribution in [3.63, 3.8) is 0 Å². The third-order valence-electron chi connectivity index (χ3n) is 1.53. The highest BCUT2D eigenvalue weighted by Gasteiger charge is 2.04. The van der Waals surface area contributed by atoms with Crippen molar-refractivity contribution in [1.29, 1.82) is 0 Å². The molecule has 0 saturated carbocycles. The zero-order valence-electron chi connectivity index (χ0n) is 7.39. The van der Waals surface area contributed by atoms with Crippen molar-refractivity contribution >= 4 is 44.4 Å². The summed E-state index contributed by atoms with van der Waals surface area (Å²) in [5.74, 6) is -0.0795. The third kappa shape index (κ3) is 3.79. The normalized spacial score (nSPS) is 9.57. The van der Waals surface area contributed by atoms with Crippen LogP contribution in [-0.4, -0.2) is 12.5 Å². The number of halogens is 2. The Hall–Kier alpha value is -0.360. The van der Waals surface area contributed by atoms with E-state index in [1.807, 2.05) is 18.2 Å². The number of nitrogens with one attached hydrogen (secondary N) is 1. The number of amides is 1. The Kier molecular flexibility index (Phi) is 4.60. The molecule has 1 aromatic rings. The molecule has 74 valence electrons.